The monoisotopic (exact) mass is 648 g/mol. The fourth-order valence-corrected chi connectivity index (χ4v) is 5.44. The van der Waals surface area contributed by atoms with Gasteiger partial charge in [0, 0.05) is 43.2 Å². The van der Waals surface area contributed by atoms with Crippen molar-refractivity contribution in [2.24, 2.45) is 17.6 Å². The number of carbonyl (C=O) groups is 1. The minimum atomic E-state index is -4.39. The summed E-state index contributed by atoms with van der Waals surface area (Å²) in [6.45, 7) is 7.24. The van der Waals surface area contributed by atoms with Crippen molar-refractivity contribution in [3.8, 4) is 22.8 Å². The van der Waals surface area contributed by atoms with Crippen molar-refractivity contribution in [2.45, 2.75) is 51.3 Å². The predicted octanol–water partition coefficient (Wildman–Crippen LogP) is 5.45. The van der Waals surface area contributed by atoms with Crippen LogP contribution in [0.5, 0.6) is 11.5 Å². The lowest BCUT2D eigenvalue weighted by molar-refractivity contribution is 0.0933. The number of nitrogens with zero attached hydrogens (tertiary/aromatic N) is 4. The van der Waals surface area contributed by atoms with Gasteiger partial charge in [0.15, 0.2) is 0 Å². The lowest BCUT2D eigenvalue weighted by atomic mass is 9.87. The van der Waals surface area contributed by atoms with Gasteiger partial charge in [-0.05, 0) is 67.0 Å². The molecule has 0 aliphatic carbocycles. The summed E-state index contributed by atoms with van der Waals surface area (Å²) in [7, 11) is -2.55. The second-order valence-electron chi connectivity index (χ2n) is 11.7. The summed E-state index contributed by atoms with van der Waals surface area (Å²) in [5.74, 6) is 0.916. The summed E-state index contributed by atoms with van der Waals surface area (Å²) < 4.78 is 40.1. The number of aryl methyl sites for hydroxylation is 2. The summed E-state index contributed by atoms with van der Waals surface area (Å²) in [6.07, 6.45) is 7.89. The van der Waals surface area contributed by atoms with E-state index < -0.39 is 10.1 Å². The number of carbonyl (C=O) groups excluding carboxylic acids is 1. The van der Waals surface area contributed by atoms with Crippen LogP contribution in [-0.2, 0) is 23.6 Å². The third-order valence-electron chi connectivity index (χ3n) is 7.39. The fourth-order valence-electron chi connectivity index (χ4n) is 4.77. The Morgan fingerprint density at radius 2 is 1.91 bits per heavy atom. The zero-order chi connectivity index (χ0) is 33.3. The first kappa shape index (κ1) is 34.1. The molecule has 0 unspecified atom stereocenters. The number of ether oxygens (including phenoxy) is 1. The molecule has 2 aromatic heterocycles. The van der Waals surface area contributed by atoms with Crippen LogP contribution in [0.4, 0.5) is 5.82 Å². The molecule has 0 saturated heterocycles. The molecule has 4 rings (SSSR count). The number of benzene rings is 2. The molecule has 13 heteroatoms. The number of rotatable bonds is 15. The van der Waals surface area contributed by atoms with E-state index in [0.717, 1.165) is 31.2 Å². The average Bonchev–Trinajstić information content (AvgIpc) is 3.45. The normalized spacial score (nSPS) is 11.9. The molecule has 0 spiro atoms. The smallest absolute Gasteiger partial charge is 0.295 e. The molecule has 0 bridgehead atoms. The van der Waals surface area contributed by atoms with Crippen LogP contribution in [0.15, 0.2) is 77.0 Å². The first-order chi connectivity index (χ1) is 21.9. The summed E-state index contributed by atoms with van der Waals surface area (Å²) in [5.41, 5.74) is 5.54. The number of nitrogens with one attached hydrogen (secondary N) is 2. The molecule has 4 N–H and O–H groups in total. The number of unbranched alkanes of at least 4 members (excludes halogenated alkanes) is 1. The highest BCUT2D eigenvalue weighted by atomic mass is 32.2. The van der Waals surface area contributed by atoms with Crippen LogP contribution in [0.3, 0.4) is 0 Å². The molecular formula is C33H40N6O6S. The van der Waals surface area contributed by atoms with Gasteiger partial charge in [-0.1, -0.05) is 39.0 Å². The Labute approximate surface area is 269 Å². The van der Waals surface area contributed by atoms with Crippen LogP contribution in [0.2, 0.25) is 0 Å². The van der Waals surface area contributed by atoms with Gasteiger partial charge in [0.2, 0.25) is 0 Å². The van der Waals surface area contributed by atoms with E-state index in [9.17, 15) is 22.9 Å². The quantitative estimate of drug-likeness (QED) is 0.0567. The second kappa shape index (κ2) is 15.0. The first-order valence-electron chi connectivity index (χ1n) is 14.9. The summed E-state index contributed by atoms with van der Waals surface area (Å²) in [6, 6.07) is 14.6. The zero-order valence-corrected chi connectivity index (χ0v) is 27.2. The van der Waals surface area contributed by atoms with Gasteiger partial charge in [0.1, 0.15) is 22.2 Å². The standard InChI is InChI=1S/C33H40N6O6S/c1-5-23-18-26(27-14-16-39(4)38-27)28(40)19-29(23)45-17-9-8-15-33(2,3)22-35-32(41)25-12-13-31(34-20-25)37-36-21-24-10-6-7-11-30(24)46(42,43)44/h6-7,10-14,16,18-21,40H,5,8-9,15,17,22H2,1-4H3,(H,34,37)(H,35,41)(H,42,43,44)/b36-21+. The highest BCUT2D eigenvalue weighted by Crippen LogP contribution is 2.35. The maximum Gasteiger partial charge on any atom is 0.295 e. The number of anilines is 1. The fraction of sp³-hybridized carbons (Fsp3) is 0.333. The summed E-state index contributed by atoms with van der Waals surface area (Å²) >= 11 is 0. The van der Waals surface area contributed by atoms with Crippen molar-refractivity contribution < 1.29 is 27.6 Å². The molecular weight excluding hydrogens is 608 g/mol. The van der Waals surface area contributed by atoms with E-state index in [4.69, 9.17) is 4.74 Å². The average molecular weight is 649 g/mol. The maximum atomic E-state index is 12.7. The van der Waals surface area contributed by atoms with Gasteiger partial charge < -0.3 is 15.2 Å². The number of amides is 1. The lowest BCUT2D eigenvalue weighted by Gasteiger charge is -2.25. The van der Waals surface area contributed by atoms with E-state index in [0.29, 0.717) is 41.5 Å². The number of hydrogen-bond donors (Lipinski definition) is 4. The molecule has 4 aromatic rings. The van der Waals surface area contributed by atoms with Gasteiger partial charge in [0.25, 0.3) is 16.0 Å². The van der Waals surface area contributed by atoms with Gasteiger partial charge in [-0.25, -0.2) is 4.98 Å². The Morgan fingerprint density at radius 3 is 2.59 bits per heavy atom. The van der Waals surface area contributed by atoms with Crippen LogP contribution in [-0.4, -0.2) is 58.1 Å². The zero-order valence-electron chi connectivity index (χ0n) is 26.4. The molecule has 1 amide bonds. The SMILES string of the molecule is CCc1cc(-c2ccn(C)n2)c(O)cc1OCCCCC(C)(C)CNC(=O)c1ccc(N/N=C/c2ccccc2S(=O)(=O)O)nc1. The van der Waals surface area contributed by atoms with Gasteiger partial charge in [-0.15, -0.1) is 0 Å². The van der Waals surface area contributed by atoms with Crippen LogP contribution < -0.4 is 15.5 Å². The molecule has 2 aromatic carbocycles. The van der Waals surface area contributed by atoms with Crippen LogP contribution >= 0.6 is 0 Å². The second-order valence-corrected chi connectivity index (χ2v) is 13.1. The molecule has 0 radical (unpaired) electrons. The van der Waals surface area contributed by atoms with E-state index in [2.05, 4.69) is 39.8 Å². The summed E-state index contributed by atoms with van der Waals surface area (Å²) in [5, 5.41) is 21.9. The van der Waals surface area contributed by atoms with Gasteiger partial charge in [-0.2, -0.15) is 18.6 Å². The van der Waals surface area contributed by atoms with Crippen molar-refractivity contribution >= 4 is 28.1 Å². The Hall–Kier alpha value is -4.75. The number of hydrazone groups is 1. The third-order valence-corrected chi connectivity index (χ3v) is 8.32. The van der Waals surface area contributed by atoms with Crippen LogP contribution in [0.1, 0.15) is 61.5 Å². The number of phenolic OH excluding ortho intramolecular Hbond substituents is 1. The molecule has 46 heavy (non-hydrogen) atoms. The van der Waals surface area contributed by atoms with Gasteiger partial charge in [-0.3, -0.25) is 19.5 Å². The molecule has 0 atom stereocenters. The number of hydrogen-bond acceptors (Lipinski definition) is 9. The van der Waals surface area contributed by atoms with E-state index in [-0.39, 0.29) is 27.5 Å². The highest BCUT2D eigenvalue weighted by molar-refractivity contribution is 7.86. The third kappa shape index (κ3) is 9.38. The lowest BCUT2D eigenvalue weighted by Crippen LogP contribution is -2.34. The minimum absolute atomic E-state index is 0.136. The highest BCUT2D eigenvalue weighted by Gasteiger charge is 2.20. The van der Waals surface area contributed by atoms with Crippen molar-refractivity contribution in [3.05, 3.63) is 83.7 Å². The van der Waals surface area contributed by atoms with E-state index in [1.165, 1.54) is 30.6 Å². The molecule has 0 fully saturated rings. The molecule has 0 saturated carbocycles. The van der Waals surface area contributed by atoms with E-state index >= 15 is 0 Å². The number of pyridine rings is 1. The largest absolute Gasteiger partial charge is 0.507 e. The molecule has 0 aliphatic rings. The Morgan fingerprint density at radius 1 is 1.13 bits per heavy atom. The van der Waals surface area contributed by atoms with Crippen molar-refractivity contribution in [3.63, 3.8) is 0 Å². The number of aromatic nitrogens is 3. The van der Waals surface area contributed by atoms with Crippen LogP contribution in [0, 0.1) is 5.41 Å². The van der Waals surface area contributed by atoms with E-state index in [1.807, 2.05) is 32.3 Å². The number of phenols is 1. The molecule has 244 valence electrons. The molecule has 2 heterocycles. The van der Waals surface area contributed by atoms with Gasteiger partial charge >= 0.3 is 0 Å². The Kier molecular flexibility index (Phi) is 11.1. The predicted molar refractivity (Wildman–Crippen MR) is 177 cm³/mol. The minimum Gasteiger partial charge on any atom is -0.507 e. The van der Waals surface area contributed by atoms with Crippen molar-refractivity contribution in [1.29, 1.82) is 0 Å². The van der Waals surface area contributed by atoms with Gasteiger partial charge in [0.05, 0.1) is 24.1 Å². The molecule has 12 nitrogen and oxygen atoms in total. The molecule has 0 aliphatic heterocycles. The maximum absolute atomic E-state index is 12.7. The van der Waals surface area contributed by atoms with Crippen molar-refractivity contribution in [2.75, 3.05) is 18.6 Å². The summed E-state index contributed by atoms with van der Waals surface area (Å²) in [4.78, 5) is 16.7. The Balaban J connectivity index is 1.20. The van der Waals surface area contributed by atoms with E-state index in [1.54, 1.807) is 28.9 Å². The number of aromatic hydroxyl groups is 1. The van der Waals surface area contributed by atoms with Crippen molar-refractivity contribution in [1.82, 2.24) is 20.1 Å². The topological polar surface area (TPSA) is 168 Å². The first-order valence-corrected chi connectivity index (χ1v) is 16.4. The Bertz CT molecular complexity index is 1780. The van der Waals surface area contributed by atoms with Crippen LogP contribution in [0.25, 0.3) is 11.3 Å².